The van der Waals surface area contributed by atoms with E-state index in [2.05, 4.69) is 4.98 Å². The maximum Gasteiger partial charge on any atom is 0.303 e. The molecule has 2 aromatic heterocycles. The number of nitrogens with zero attached hydrogens (tertiary/aromatic N) is 3. The summed E-state index contributed by atoms with van der Waals surface area (Å²) in [6.07, 6.45) is 2.00. The third-order valence-corrected chi connectivity index (χ3v) is 10.9. The summed E-state index contributed by atoms with van der Waals surface area (Å²) in [6, 6.07) is 14.1. The molecule has 0 radical (unpaired) electrons. The Morgan fingerprint density at radius 1 is 1.04 bits per heavy atom. The summed E-state index contributed by atoms with van der Waals surface area (Å²) in [5.74, 6) is -3.41. The number of sulfone groups is 1. The topological polar surface area (TPSA) is 127 Å². The summed E-state index contributed by atoms with van der Waals surface area (Å²) >= 11 is 0. The fourth-order valence-electron chi connectivity index (χ4n) is 6.30. The molecule has 0 amide bonds. The highest BCUT2D eigenvalue weighted by Crippen LogP contribution is 2.43. The van der Waals surface area contributed by atoms with E-state index in [1.54, 1.807) is 39.2 Å². The minimum Gasteiger partial charge on any atom is -0.481 e. The van der Waals surface area contributed by atoms with Crippen LogP contribution in [0, 0.1) is 17.0 Å². The van der Waals surface area contributed by atoms with Gasteiger partial charge in [0.05, 0.1) is 22.1 Å². The number of benzene rings is 3. The van der Waals surface area contributed by atoms with Gasteiger partial charge in [-0.3, -0.25) is 4.79 Å². The molecule has 262 valence electrons. The molecular weight excluding hydrogens is 669 g/mol. The number of carboxylic acid groups (broad SMARTS) is 1. The number of nitrogens with one attached hydrogen (secondary N) is 1. The van der Waals surface area contributed by atoms with Gasteiger partial charge in [-0.25, -0.2) is 31.3 Å². The number of hydrogen-bond acceptors (Lipinski definition) is 6. The Morgan fingerprint density at radius 2 is 1.82 bits per heavy atom. The van der Waals surface area contributed by atoms with Gasteiger partial charge in [0.2, 0.25) is 0 Å². The molecule has 9 nitrogen and oxygen atoms in total. The van der Waals surface area contributed by atoms with Crippen molar-refractivity contribution in [3.8, 4) is 22.9 Å². The Labute approximate surface area is 287 Å². The van der Waals surface area contributed by atoms with Crippen molar-refractivity contribution < 1.29 is 36.2 Å². The molecule has 3 aromatic carbocycles. The molecule has 1 aliphatic rings. The van der Waals surface area contributed by atoms with Crippen molar-refractivity contribution in [1.29, 1.82) is 0 Å². The Hall–Kier alpha value is -4.91. The quantitative estimate of drug-likeness (QED) is 0.194. The number of aliphatic carboxylic acids is 1. The van der Waals surface area contributed by atoms with E-state index >= 15 is 13.2 Å². The Morgan fingerprint density at radius 3 is 2.58 bits per heavy atom. The van der Waals surface area contributed by atoms with Crippen LogP contribution in [0.15, 0.2) is 72.0 Å². The molecule has 1 unspecified atom stereocenters. The first-order chi connectivity index (χ1) is 23.6. The molecule has 0 fully saturated rings. The SMILES string of the molecule is Cn1nc2nc1-c1cc(ccc1F)Oc1c(F)cc3[nH]ccc3c1CCS(=O)(=O)/C=C(\F)C(C)(C)CCC2(C)c1cccc(CCC(=O)O)c1. The van der Waals surface area contributed by atoms with Gasteiger partial charge in [-0.1, -0.05) is 38.1 Å². The van der Waals surface area contributed by atoms with Gasteiger partial charge < -0.3 is 14.8 Å². The average Bonchev–Trinajstić information content (AvgIpc) is 3.69. The van der Waals surface area contributed by atoms with Crippen LogP contribution in [-0.4, -0.2) is 45.0 Å². The van der Waals surface area contributed by atoms with E-state index in [9.17, 15) is 18.3 Å². The first kappa shape index (κ1) is 34.9. The van der Waals surface area contributed by atoms with Crippen LogP contribution < -0.4 is 4.74 Å². The number of fused-ring (bicyclic) bond motifs is 8. The summed E-state index contributed by atoms with van der Waals surface area (Å²) in [5, 5.41) is 15.1. The molecule has 2 N–H and O–H groups in total. The number of halogens is 3. The van der Waals surface area contributed by atoms with Crippen LogP contribution in [0.1, 0.15) is 62.5 Å². The lowest BCUT2D eigenvalue weighted by Crippen LogP contribution is -2.29. The van der Waals surface area contributed by atoms with E-state index in [4.69, 9.17) is 14.8 Å². The zero-order valence-electron chi connectivity index (χ0n) is 28.1. The van der Waals surface area contributed by atoms with Gasteiger partial charge >= 0.3 is 5.97 Å². The number of H-pyrrole nitrogens is 1. The maximum atomic E-state index is 16.0. The molecular formula is C37H37F3N4O5S. The van der Waals surface area contributed by atoms with Crippen molar-refractivity contribution in [3.05, 3.63) is 106 Å². The predicted molar refractivity (Wildman–Crippen MR) is 183 cm³/mol. The zero-order chi connectivity index (χ0) is 36.0. The lowest BCUT2D eigenvalue weighted by atomic mass is 9.72. The fourth-order valence-corrected chi connectivity index (χ4v) is 7.54. The summed E-state index contributed by atoms with van der Waals surface area (Å²) < 4.78 is 81.4. The van der Waals surface area contributed by atoms with Crippen molar-refractivity contribution in [1.82, 2.24) is 19.7 Å². The number of aromatic amines is 1. The van der Waals surface area contributed by atoms with Gasteiger partial charge in [0.1, 0.15) is 17.4 Å². The Kier molecular flexibility index (Phi) is 9.14. The van der Waals surface area contributed by atoms with Gasteiger partial charge in [0.15, 0.2) is 33.1 Å². The zero-order valence-corrected chi connectivity index (χ0v) is 28.9. The molecule has 5 aromatic rings. The van der Waals surface area contributed by atoms with Crippen LogP contribution in [0.2, 0.25) is 0 Å². The second-order valence-electron chi connectivity index (χ2n) is 13.6. The monoisotopic (exact) mass is 706 g/mol. The van der Waals surface area contributed by atoms with E-state index in [0.717, 1.165) is 11.1 Å². The van der Waals surface area contributed by atoms with Gasteiger partial charge in [-0.05, 0) is 68.0 Å². The number of hydrogen-bond donors (Lipinski definition) is 2. The number of ether oxygens (including phenoxy) is 1. The summed E-state index contributed by atoms with van der Waals surface area (Å²) in [5.41, 5.74) is -0.0601. The van der Waals surface area contributed by atoms with Crippen LogP contribution in [0.25, 0.3) is 22.3 Å². The molecule has 1 aliphatic heterocycles. The number of aromatic nitrogens is 4. The normalized spacial score (nSPS) is 20.2. The third-order valence-electron chi connectivity index (χ3n) is 9.53. The first-order valence-electron chi connectivity index (χ1n) is 16.2. The highest BCUT2D eigenvalue weighted by atomic mass is 32.2. The summed E-state index contributed by atoms with van der Waals surface area (Å²) in [6.45, 7) is 5.08. The number of allylic oxidation sites excluding steroid dienone is 1. The number of carbonyl (C=O) groups is 1. The smallest absolute Gasteiger partial charge is 0.303 e. The van der Waals surface area contributed by atoms with Crippen LogP contribution >= 0.6 is 0 Å². The molecule has 6 rings (SSSR count). The highest BCUT2D eigenvalue weighted by molar-refractivity contribution is 7.94. The standard InChI is InChI=1S/C37H37F3N4O5S/c1-36(2)14-15-37(3,23-7-5-6-22(18-23)8-11-32(45)46)35-42-34(44(4)43-35)27-19-24(9-10-28(27)38)49-33-26(13-17-50(47,48)21-31(36)40)25-12-16-41-30(25)20-29(33)39/h5-7,9-10,12,16,18-21,41H,8,11,13-15,17H2,1-4H3,(H,45,46)/b31-21-. The van der Waals surface area contributed by atoms with E-state index in [1.165, 1.54) is 28.9 Å². The first-order valence-corrected chi connectivity index (χ1v) is 17.9. The maximum absolute atomic E-state index is 16.0. The third kappa shape index (κ3) is 6.91. The number of rotatable bonds is 4. The molecule has 4 bridgehead atoms. The minimum absolute atomic E-state index is 0.0315. The van der Waals surface area contributed by atoms with Gasteiger partial charge in [0.25, 0.3) is 0 Å². The molecule has 13 heteroatoms. The molecule has 1 atom stereocenters. The van der Waals surface area contributed by atoms with Crippen LogP contribution in [0.5, 0.6) is 11.5 Å². The summed E-state index contributed by atoms with van der Waals surface area (Å²) in [4.78, 5) is 19.0. The summed E-state index contributed by atoms with van der Waals surface area (Å²) in [7, 11) is -2.53. The highest BCUT2D eigenvalue weighted by Gasteiger charge is 2.38. The van der Waals surface area contributed by atoms with Gasteiger partial charge in [-0.15, -0.1) is 0 Å². The van der Waals surface area contributed by atoms with Crippen molar-refractivity contribution in [2.75, 3.05) is 5.75 Å². The largest absolute Gasteiger partial charge is 0.481 e. The lowest BCUT2D eigenvalue weighted by Gasteiger charge is -2.32. The van der Waals surface area contributed by atoms with Crippen LogP contribution in [0.3, 0.4) is 0 Å². The fraction of sp³-hybridized carbons (Fsp3) is 0.324. The number of aryl methyl sites for hydroxylation is 3. The van der Waals surface area contributed by atoms with Gasteiger partial charge in [-0.2, -0.15) is 5.10 Å². The Balaban J connectivity index is 1.54. The molecule has 0 saturated carbocycles. The van der Waals surface area contributed by atoms with Crippen LogP contribution in [-0.2, 0) is 39.9 Å². The average molecular weight is 707 g/mol. The van der Waals surface area contributed by atoms with Crippen molar-refractivity contribution in [2.45, 2.75) is 58.3 Å². The van der Waals surface area contributed by atoms with Crippen LogP contribution in [0.4, 0.5) is 13.2 Å². The van der Waals surface area contributed by atoms with Crippen molar-refractivity contribution >= 4 is 26.7 Å². The van der Waals surface area contributed by atoms with Gasteiger partial charge in [0, 0.05) is 47.6 Å². The molecule has 50 heavy (non-hydrogen) atoms. The predicted octanol–water partition coefficient (Wildman–Crippen LogP) is 7.95. The van der Waals surface area contributed by atoms with E-state index in [-0.39, 0.29) is 66.4 Å². The second kappa shape index (κ2) is 13.1. The minimum atomic E-state index is -4.14. The molecule has 0 saturated heterocycles. The van der Waals surface area contributed by atoms with Crippen molar-refractivity contribution in [3.63, 3.8) is 0 Å². The second-order valence-corrected chi connectivity index (χ2v) is 15.6. The van der Waals surface area contributed by atoms with Crippen molar-refractivity contribution in [2.24, 2.45) is 12.5 Å². The van der Waals surface area contributed by atoms with E-state index in [1.807, 2.05) is 25.1 Å². The van der Waals surface area contributed by atoms with E-state index < -0.39 is 49.9 Å². The lowest BCUT2D eigenvalue weighted by molar-refractivity contribution is -0.136. The Bertz CT molecular complexity index is 2260. The molecule has 0 spiro atoms. The molecule has 3 heterocycles. The number of carboxylic acids is 1. The van der Waals surface area contributed by atoms with E-state index in [0.29, 0.717) is 16.3 Å². The molecule has 0 aliphatic carbocycles.